The van der Waals surface area contributed by atoms with Crippen molar-refractivity contribution in [2.75, 3.05) is 0 Å². The summed E-state index contributed by atoms with van der Waals surface area (Å²) in [4.78, 5) is 0. The second-order valence-corrected chi connectivity index (χ2v) is 7.06. The fraction of sp³-hybridized carbons (Fsp3) is 0.933. The molecule has 16 heavy (non-hydrogen) atoms. The van der Waals surface area contributed by atoms with Crippen molar-refractivity contribution in [2.45, 2.75) is 66.7 Å². The lowest BCUT2D eigenvalue weighted by atomic mass is 9.60. The van der Waals surface area contributed by atoms with Gasteiger partial charge in [0.15, 0.2) is 0 Å². The normalized spacial score (nSPS) is 33.1. The molecule has 1 fully saturated rings. The van der Waals surface area contributed by atoms with Gasteiger partial charge in [-0.2, -0.15) is 5.26 Å². The van der Waals surface area contributed by atoms with Crippen molar-refractivity contribution in [2.24, 2.45) is 22.7 Å². The van der Waals surface area contributed by atoms with Crippen LogP contribution in [0.5, 0.6) is 0 Å². The smallest absolute Gasteiger partial charge is 0.0624 e. The van der Waals surface area contributed by atoms with Gasteiger partial charge in [0.05, 0.1) is 6.07 Å². The van der Waals surface area contributed by atoms with Crippen LogP contribution in [0.15, 0.2) is 0 Å². The molecular weight excluding hydrogens is 194 g/mol. The molecule has 0 aromatic heterocycles. The summed E-state index contributed by atoms with van der Waals surface area (Å²) in [7, 11) is 0. The van der Waals surface area contributed by atoms with Gasteiger partial charge >= 0.3 is 0 Å². The standard InChI is InChI=1S/C15H27N/c1-12(8-11-16)15(5)9-6-13(7-10-15)14(2,3)4/h12-13H,6-10H2,1-5H3. The molecule has 1 heteroatoms. The summed E-state index contributed by atoms with van der Waals surface area (Å²) in [6, 6.07) is 2.33. The molecule has 1 unspecified atom stereocenters. The number of nitriles is 1. The Balaban J connectivity index is 2.57. The second kappa shape index (κ2) is 4.78. The summed E-state index contributed by atoms with van der Waals surface area (Å²) in [6.45, 7) is 11.7. The van der Waals surface area contributed by atoms with Crippen LogP contribution < -0.4 is 0 Å². The highest BCUT2D eigenvalue weighted by Crippen LogP contribution is 2.49. The Hall–Kier alpha value is -0.510. The zero-order valence-electron chi connectivity index (χ0n) is 11.6. The van der Waals surface area contributed by atoms with Crippen LogP contribution in [-0.4, -0.2) is 0 Å². The highest BCUT2D eigenvalue weighted by atomic mass is 14.4. The molecule has 0 heterocycles. The van der Waals surface area contributed by atoms with Gasteiger partial charge in [0.25, 0.3) is 0 Å². The molecule has 0 amide bonds. The zero-order chi connectivity index (χ0) is 12.4. The van der Waals surface area contributed by atoms with Gasteiger partial charge in [-0.15, -0.1) is 0 Å². The van der Waals surface area contributed by atoms with E-state index in [-0.39, 0.29) is 0 Å². The Morgan fingerprint density at radius 1 is 1.31 bits per heavy atom. The molecule has 0 aliphatic heterocycles. The highest BCUT2D eigenvalue weighted by Gasteiger charge is 2.38. The van der Waals surface area contributed by atoms with Gasteiger partial charge in [0, 0.05) is 6.42 Å². The Bertz CT molecular complexity index is 258. The van der Waals surface area contributed by atoms with Gasteiger partial charge < -0.3 is 0 Å². The van der Waals surface area contributed by atoms with E-state index >= 15 is 0 Å². The maximum absolute atomic E-state index is 8.81. The van der Waals surface area contributed by atoms with E-state index in [1.165, 1.54) is 25.7 Å². The Kier molecular flexibility index (Phi) is 4.05. The lowest BCUT2D eigenvalue weighted by Crippen LogP contribution is -2.34. The third-order valence-electron chi connectivity index (χ3n) is 4.94. The van der Waals surface area contributed by atoms with E-state index in [9.17, 15) is 0 Å². The molecule has 0 radical (unpaired) electrons. The first-order chi connectivity index (χ1) is 7.29. The molecule has 0 saturated heterocycles. The molecule has 0 aromatic rings. The van der Waals surface area contributed by atoms with Crippen molar-refractivity contribution in [3.05, 3.63) is 0 Å². The molecule has 0 bridgehead atoms. The summed E-state index contributed by atoms with van der Waals surface area (Å²) in [6.07, 6.45) is 6.01. The predicted octanol–water partition coefficient (Wildman–Crippen LogP) is 4.78. The quantitative estimate of drug-likeness (QED) is 0.658. The summed E-state index contributed by atoms with van der Waals surface area (Å²) in [5.74, 6) is 1.42. The average molecular weight is 221 g/mol. The summed E-state index contributed by atoms with van der Waals surface area (Å²) in [5.41, 5.74) is 0.872. The molecule has 0 spiro atoms. The number of rotatable bonds is 2. The molecule has 92 valence electrons. The van der Waals surface area contributed by atoms with Crippen molar-refractivity contribution in [1.29, 1.82) is 5.26 Å². The lowest BCUT2D eigenvalue weighted by molar-refractivity contribution is 0.0616. The van der Waals surface area contributed by atoms with Crippen molar-refractivity contribution in [3.63, 3.8) is 0 Å². The van der Waals surface area contributed by atoms with E-state index in [1.807, 2.05) is 0 Å². The summed E-state index contributed by atoms with van der Waals surface area (Å²) in [5, 5.41) is 8.81. The fourth-order valence-corrected chi connectivity index (χ4v) is 3.02. The lowest BCUT2D eigenvalue weighted by Gasteiger charge is -2.45. The monoisotopic (exact) mass is 221 g/mol. The van der Waals surface area contributed by atoms with Gasteiger partial charge in [-0.1, -0.05) is 34.6 Å². The van der Waals surface area contributed by atoms with Crippen LogP contribution in [0.2, 0.25) is 0 Å². The Morgan fingerprint density at radius 3 is 2.19 bits per heavy atom. The minimum atomic E-state index is 0.414. The molecule has 1 rings (SSSR count). The van der Waals surface area contributed by atoms with Crippen LogP contribution in [0.3, 0.4) is 0 Å². The molecule has 0 aromatic carbocycles. The van der Waals surface area contributed by atoms with E-state index in [0.717, 1.165) is 12.3 Å². The molecule has 1 nitrogen and oxygen atoms in total. The van der Waals surface area contributed by atoms with Crippen LogP contribution in [0.25, 0.3) is 0 Å². The first-order valence-corrected chi connectivity index (χ1v) is 6.66. The average Bonchev–Trinajstić information content (AvgIpc) is 2.17. The molecule has 1 aliphatic rings. The van der Waals surface area contributed by atoms with E-state index < -0.39 is 0 Å². The number of hydrogen-bond acceptors (Lipinski definition) is 1. The topological polar surface area (TPSA) is 23.8 Å². The fourth-order valence-electron chi connectivity index (χ4n) is 3.02. The predicted molar refractivity (Wildman–Crippen MR) is 68.9 cm³/mol. The third-order valence-corrected chi connectivity index (χ3v) is 4.94. The molecule has 1 aliphatic carbocycles. The van der Waals surface area contributed by atoms with Gasteiger partial charge in [-0.05, 0) is 48.3 Å². The van der Waals surface area contributed by atoms with Gasteiger partial charge in [0.1, 0.15) is 0 Å². The number of hydrogen-bond donors (Lipinski definition) is 0. The largest absolute Gasteiger partial charge is 0.198 e. The van der Waals surface area contributed by atoms with Crippen LogP contribution in [0.1, 0.15) is 66.7 Å². The maximum atomic E-state index is 8.81. The molecule has 1 saturated carbocycles. The van der Waals surface area contributed by atoms with Crippen molar-refractivity contribution in [1.82, 2.24) is 0 Å². The van der Waals surface area contributed by atoms with Crippen LogP contribution in [0.4, 0.5) is 0 Å². The SMILES string of the molecule is CC(CC#N)C1(C)CCC(C(C)(C)C)CC1. The minimum absolute atomic E-state index is 0.414. The van der Waals surface area contributed by atoms with Gasteiger partial charge in [0.2, 0.25) is 0 Å². The Morgan fingerprint density at radius 2 is 1.81 bits per heavy atom. The van der Waals surface area contributed by atoms with E-state index in [4.69, 9.17) is 5.26 Å². The van der Waals surface area contributed by atoms with Gasteiger partial charge in [-0.25, -0.2) is 0 Å². The summed E-state index contributed by atoms with van der Waals surface area (Å²) >= 11 is 0. The number of nitrogens with zero attached hydrogens (tertiary/aromatic N) is 1. The highest BCUT2D eigenvalue weighted by molar-refractivity contribution is 4.91. The second-order valence-electron chi connectivity index (χ2n) is 7.06. The van der Waals surface area contributed by atoms with Crippen LogP contribution in [-0.2, 0) is 0 Å². The minimum Gasteiger partial charge on any atom is -0.198 e. The molecule has 1 atom stereocenters. The van der Waals surface area contributed by atoms with Crippen LogP contribution >= 0.6 is 0 Å². The molecule has 0 N–H and O–H groups in total. The third kappa shape index (κ3) is 3.00. The van der Waals surface area contributed by atoms with Crippen LogP contribution in [0, 0.1) is 34.0 Å². The van der Waals surface area contributed by atoms with E-state index in [0.29, 0.717) is 16.7 Å². The maximum Gasteiger partial charge on any atom is 0.0624 e. The first kappa shape index (κ1) is 13.6. The van der Waals surface area contributed by atoms with E-state index in [2.05, 4.69) is 40.7 Å². The Labute approximate surface area is 101 Å². The summed E-state index contributed by atoms with van der Waals surface area (Å²) < 4.78 is 0. The van der Waals surface area contributed by atoms with E-state index in [1.54, 1.807) is 0 Å². The van der Waals surface area contributed by atoms with Gasteiger partial charge in [-0.3, -0.25) is 0 Å². The zero-order valence-corrected chi connectivity index (χ0v) is 11.6. The molecular formula is C15H27N. The van der Waals surface area contributed by atoms with Crippen molar-refractivity contribution in [3.8, 4) is 6.07 Å². The first-order valence-electron chi connectivity index (χ1n) is 6.66. The van der Waals surface area contributed by atoms with Crippen molar-refractivity contribution < 1.29 is 0 Å². The van der Waals surface area contributed by atoms with Crippen molar-refractivity contribution >= 4 is 0 Å².